The number of fused-ring (bicyclic) bond motifs is 2. The molecule has 0 saturated carbocycles. The molecule has 4 heteroatoms. The average molecular weight is 497 g/mol. The first-order valence-electron chi connectivity index (χ1n) is 12.5. The van der Waals surface area contributed by atoms with Gasteiger partial charge in [0.25, 0.3) is 0 Å². The Kier molecular flexibility index (Phi) is 5.85. The monoisotopic (exact) mass is 496 g/mol. The van der Waals surface area contributed by atoms with Gasteiger partial charge in [-0.15, -0.1) is 0 Å². The fourth-order valence-electron chi connectivity index (χ4n) is 5.34. The molecule has 0 bridgehead atoms. The van der Waals surface area contributed by atoms with E-state index in [1.54, 1.807) is 14.2 Å². The van der Waals surface area contributed by atoms with Gasteiger partial charge in [0.2, 0.25) is 0 Å². The second-order valence-corrected chi connectivity index (χ2v) is 9.33. The van der Waals surface area contributed by atoms with Gasteiger partial charge < -0.3 is 20.9 Å². The summed E-state index contributed by atoms with van der Waals surface area (Å²) in [6, 6.07) is 37.1. The lowest BCUT2D eigenvalue weighted by Gasteiger charge is -2.22. The molecule has 0 heterocycles. The number of hydrogen-bond donors (Lipinski definition) is 2. The van der Waals surface area contributed by atoms with Gasteiger partial charge in [0.15, 0.2) is 0 Å². The number of hydrogen-bond acceptors (Lipinski definition) is 4. The first-order chi connectivity index (χ1) is 18.6. The van der Waals surface area contributed by atoms with Gasteiger partial charge in [0.1, 0.15) is 11.5 Å². The molecule has 0 amide bonds. The number of nitrogens with two attached hydrogens (primary N) is 2. The Labute approximate surface area is 222 Å². The molecule has 6 rings (SSSR count). The fraction of sp³-hybridized carbons (Fsp3) is 0.0588. The highest BCUT2D eigenvalue weighted by molar-refractivity contribution is 6.19. The molecule has 0 aliphatic rings. The zero-order chi connectivity index (χ0) is 26.2. The van der Waals surface area contributed by atoms with Gasteiger partial charge in [-0.1, -0.05) is 60.7 Å². The van der Waals surface area contributed by atoms with Crippen LogP contribution >= 0.6 is 0 Å². The van der Waals surface area contributed by atoms with Crippen LogP contribution in [0, 0.1) is 0 Å². The summed E-state index contributed by atoms with van der Waals surface area (Å²) in [6.07, 6.45) is 0. The fourth-order valence-corrected chi connectivity index (χ4v) is 5.34. The zero-order valence-corrected chi connectivity index (χ0v) is 21.4. The van der Waals surface area contributed by atoms with Crippen LogP contribution in [0.3, 0.4) is 0 Å². The van der Waals surface area contributed by atoms with Gasteiger partial charge in [-0.3, -0.25) is 0 Å². The SMILES string of the molecule is COc1ccc2c(-c3c(-c4ccccc4)cc(N)c4cc(OC)ccc34)c(-c3ccccc3)cc(N)c2c1. The molecule has 6 aromatic carbocycles. The van der Waals surface area contributed by atoms with Crippen molar-refractivity contribution in [1.29, 1.82) is 0 Å². The van der Waals surface area contributed by atoms with Crippen LogP contribution in [-0.4, -0.2) is 14.2 Å². The van der Waals surface area contributed by atoms with Crippen molar-refractivity contribution in [2.75, 3.05) is 25.7 Å². The lowest BCUT2D eigenvalue weighted by molar-refractivity contribution is 0.415. The van der Waals surface area contributed by atoms with E-state index in [-0.39, 0.29) is 0 Å². The van der Waals surface area contributed by atoms with Crippen LogP contribution in [0.4, 0.5) is 11.4 Å². The molecule has 0 aromatic heterocycles. The van der Waals surface area contributed by atoms with E-state index >= 15 is 0 Å². The zero-order valence-electron chi connectivity index (χ0n) is 21.4. The van der Waals surface area contributed by atoms with Crippen molar-refractivity contribution in [3.05, 3.63) is 109 Å². The van der Waals surface area contributed by atoms with Crippen molar-refractivity contribution < 1.29 is 9.47 Å². The van der Waals surface area contributed by atoms with Gasteiger partial charge >= 0.3 is 0 Å². The topological polar surface area (TPSA) is 70.5 Å². The number of anilines is 2. The highest BCUT2D eigenvalue weighted by Gasteiger charge is 2.22. The third-order valence-corrected chi connectivity index (χ3v) is 7.17. The van der Waals surface area contributed by atoms with Crippen molar-refractivity contribution >= 4 is 32.9 Å². The van der Waals surface area contributed by atoms with E-state index in [4.69, 9.17) is 20.9 Å². The minimum Gasteiger partial charge on any atom is -0.497 e. The largest absolute Gasteiger partial charge is 0.497 e. The normalized spacial score (nSPS) is 11.1. The number of rotatable bonds is 5. The molecule has 0 atom stereocenters. The first-order valence-corrected chi connectivity index (χ1v) is 12.5. The van der Waals surface area contributed by atoms with Crippen LogP contribution in [0.2, 0.25) is 0 Å². The summed E-state index contributed by atoms with van der Waals surface area (Å²) in [4.78, 5) is 0. The van der Waals surface area contributed by atoms with Crippen LogP contribution in [0.1, 0.15) is 0 Å². The van der Waals surface area contributed by atoms with Crippen LogP contribution in [0.15, 0.2) is 109 Å². The van der Waals surface area contributed by atoms with Crippen LogP contribution in [0.25, 0.3) is 54.9 Å². The minimum atomic E-state index is 0.698. The summed E-state index contributed by atoms with van der Waals surface area (Å²) in [5.74, 6) is 1.52. The summed E-state index contributed by atoms with van der Waals surface area (Å²) in [7, 11) is 3.34. The Morgan fingerprint density at radius 2 is 0.842 bits per heavy atom. The quantitative estimate of drug-likeness (QED) is 0.236. The van der Waals surface area contributed by atoms with E-state index in [0.29, 0.717) is 11.4 Å². The highest BCUT2D eigenvalue weighted by Crippen LogP contribution is 2.49. The van der Waals surface area contributed by atoms with Crippen molar-refractivity contribution in [1.82, 2.24) is 0 Å². The summed E-state index contributed by atoms with van der Waals surface area (Å²) in [6.45, 7) is 0. The predicted octanol–water partition coefficient (Wildman–Crippen LogP) is 8.18. The summed E-state index contributed by atoms with van der Waals surface area (Å²) >= 11 is 0. The predicted molar refractivity (Wildman–Crippen MR) is 160 cm³/mol. The van der Waals surface area contributed by atoms with Crippen LogP contribution < -0.4 is 20.9 Å². The molecule has 6 aromatic rings. The number of nitrogen functional groups attached to an aromatic ring is 2. The summed E-state index contributed by atoms with van der Waals surface area (Å²) in [5.41, 5.74) is 21.3. The maximum atomic E-state index is 6.70. The summed E-state index contributed by atoms with van der Waals surface area (Å²) in [5, 5.41) is 3.97. The molecule has 4 nitrogen and oxygen atoms in total. The highest BCUT2D eigenvalue weighted by atomic mass is 16.5. The second-order valence-electron chi connectivity index (χ2n) is 9.33. The van der Waals surface area contributed by atoms with Gasteiger partial charge in [0, 0.05) is 22.1 Å². The molecule has 0 spiro atoms. The minimum absolute atomic E-state index is 0.698. The Morgan fingerprint density at radius 3 is 1.21 bits per heavy atom. The van der Waals surface area contributed by atoms with E-state index in [1.165, 1.54) is 0 Å². The van der Waals surface area contributed by atoms with E-state index < -0.39 is 0 Å². The Morgan fingerprint density at radius 1 is 0.447 bits per heavy atom. The van der Waals surface area contributed by atoms with Gasteiger partial charge in [-0.05, 0) is 92.7 Å². The van der Waals surface area contributed by atoms with Crippen LogP contribution in [-0.2, 0) is 0 Å². The molecule has 38 heavy (non-hydrogen) atoms. The molecule has 0 radical (unpaired) electrons. The third-order valence-electron chi connectivity index (χ3n) is 7.17. The maximum Gasteiger partial charge on any atom is 0.119 e. The van der Waals surface area contributed by atoms with E-state index in [0.717, 1.165) is 66.4 Å². The van der Waals surface area contributed by atoms with Crippen LogP contribution in [0.5, 0.6) is 11.5 Å². The van der Waals surface area contributed by atoms with Gasteiger partial charge in [-0.25, -0.2) is 0 Å². The molecule has 0 unspecified atom stereocenters. The molecule has 0 saturated heterocycles. The van der Waals surface area contributed by atoms with Crippen molar-refractivity contribution in [2.45, 2.75) is 0 Å². The number of benzene rings is 6. The molecule has 0 fully saturated rings. The Bertz CT molecular complexity index is 1660. The molecule has 4 N–H and O–H groups in total. The Balaban J connectivity index is 1.84. The van der Waals surface area contributed by atoms with Crippen molar-refractivity contribution in [3.63, 3.8) is 0 Å². The smallest absolute Gasteiger partial charge is 0.119 e. The first kappa shape index (κ1) is 23.4. The van der Waals surface area contributed by atoms with Crippen molar-refractivity contribution in [3.8, 4) is 44.9 Å². The number of methoxy groups -OCH3 is 2. The molecule has 186 valence electrons. The second kappa shape index (κ2) is 9.49. The van der Waals surface area contributed by atoms with E-state index in [9.17, 15) is 0 Å². The van der Waals surface area contributed by atoms with Gasteiger partial charge in [0.05, 0.1) is 14.2 Å². The van der Waals surface area contributed by atoms with E-state index in [1.807, 2.05) is 36.4 Å². The summed E-state index contributed by atoms with van der Waals surface area (Å²) < 4.78 is 11.1. The van der Waals surface area contributed by atoms with E-state index in [2.05, 4.69) is 72.8 Å². The van der Waals surface area contributed by atoms with Crippen molar-refractivity contribution in [2.24, 2.45) is 0 Å². The average Bonchev–Trinajstić information content (AvgIpc) is 2.98. The molecule has 0 aliphatic carbocycles. The Hall–Kier alpha value is -4.96. The number of ether oxygens (including phenoxy) is 2. The molecule has 0 aliphatic heterocycles. The van der Waals surface area contributed by atoms with Gasteiger partial charge in [-0.2, -0.15) is 0 Å². The third kappa shape index (κ3) is 3.87. The lowest BCUT2D eigenvalue weighted by Crippen LogP contribution is -1.99. The standard InChI is InChI=1S/C34H28N2O2/c1-37-23-13-15-25-29(17-23)31(35)19-27(21-9-5-3-6-10-21)33(25)34-26-16-14-24(38-2)18-30(26)32(36)20-28(34)22-11-7-4-8-12-22/h3-20H,35-36H2,1-2H3. The molecular weight excluding hydrogens is 468 g/mol. The molecular formula is C34H28N2O2. The maximum absolute atomic E-state index is 6.70. The lowest BCUT2D eigenvalue weighted by atomic mass is 9.82.